The fraction of sp³-hybridized carbons (Fsp3) is 0.632. The van der Waals surface area contributed by atoms with E-state index in [-0.39, 0.29) is 11.9 Å². The standard InChI is InChI=1S/C19H25FN2O4S/c1-22(2)27(24,25)18-15(7-6-13(17(18)20)19(21)23)26-16-9-10-8-14(16)12-5-3-4-11(10)12/h6-7,10-12,14,16H,3-5,8-9H2,1-2H3,(H2,21,23). The number of nitrogens with two attached hydrogens (primary N) is 1. The van der Waals surface area contributed by atoms with Crippen LogP contribution in [0.25, 0.3) is 0 Å². The molecule has 5 atom stereocenters. The van der Waals surface area contributed by atoms with Gasteiger partial charge in [-0.05, 0) is 61.5 Å². The van der Waals surface area contributed by atoms with E-state index < -0.39 is 32.2 Å². The van der Waals surface area contributed by atoms with Gasteiger partial charge >= 0.3 is 0 Å². The second kappa shape index (κ2) is 6.44. The minimum Gasteiger partial charge on any atom is -0.489 e. The molecule has 5 unspecified atom stereocenters. The molecule has 8 heteroatoms. The van der Waals surface area contributed by atoms with E-state index in [4.69, 9.17) is 10.5 Å². The van der Waals surface area contributed by atoms with Crippen molar-refractivity contribution in [3.8, 4) is 5.75 Å². The van der Waals surface area contributed by atoms with Crippen molar-refractivity contribution in [2.75, 3.05) is 14.1 Å². The highest BCUT2D eigenvalue weighted by Crippen LogP contribution is 2.59. The van der Waals surface area contributed by atoms with Crippen molar-refractivity contribution in [3.05, 3.63) is 23.5 Å². The number of amides is 1. The summed E-state index contributed by atoms with van der Waals surface area (Å²) in [5.41, 5.74) is 4.74. The Labute approximate surface area is 158 Å². The Bertz CT molecular complexity index is 886. The Balaban J connectivity index is 1.71. The zero-order valence-corrected chi connectivity index (χ0v) is 16.3. The molecule has 1 aromatic carbocycles. The van der Waals surface area contributed by atoms with Crippen molar-refractivity contribution in [2.24, 2.45) is 29.4 Å². The number of fused-ring (bicyclic) bond motifs is 5. The van der Waals surface area contributed by atoms with E-state index in [0.717, 1.165) is 23.1 Å². The third-order valence-electron chi connectivity index (χ3n) is 6.71. The summed E-state index contributed by atoms with van der Waals surface area (Å²) in [7, 11) is -1.51. The SMILES string of the molecule is CN(C)S(=O)(=O)c1c(OC2CC3CC2C2CCCC32)ccc(C(N)=O)c1F. The molecule has 3 saturated carbocycles. The van der Waals surface area contributed by atoms with E-state index in [2.05, 4.69) is 0 Å². The zero-order chi connectivity index (χ0) is 19.5. The van der Waals surface area contributed by atoms with Crippen LogP contribution in [0.2, 0.25) is 0 Å². The molecule has 6 nitrogen and oxygen atoms in total. The molecule has 3 fully saturated rings. The Morgan fingerprint density at radius 2 is 1.89 bits per heavy atom. The molecule has 2 N–H and O–H groups in total. The summed E-state index contributed by atoms with van der Waals surface area (Å²) in [4.78, 5) is 10.9. The van der Waals surface area contributed by atoms with Crippen LogP contribution in [0.3, 0.4) is 0 Å². The van der Waals surface area contributed by atoms with Gasteiger partial charge in [-0.15, -0.1) is 0 Å². The average molecular weight is 396 g/mol. The second-order valence-electron chi connectivity index (χ2n) is 8.22. The van der Waals surface area contributed by atoms with E-state index in [1.165, 1.54) is 45.5 Å². The van der Waals surface area contributed by atoms with Gasteiger partial charge in [-0.3, -0.25) is 4.79 Å². The minimum absolute atomic E-state index is 0.0294. The van der Waals surface area contributed by atoms with Crippen molar-refractivity contribution in [2.45, 2.75) is 43.1 Å². The fourth-order valence-corrected chi connectivity index (χ4v) is 6.62. The molecule has 1 aromatic rings. The summed E-state index contributed by atoms with van der Waals surface area (Å²) in [6.07, 6.45) is 5.61. The summed E-state index contributed by atoms with van der Waals surface area (Å²) in [6, 6.07) is 2.56. The topological polar surface area (TPSA) is 89.7 Å². The Kier molecular flexibility index (Phi) is 4.46. The molecular weight excluding hydrogens is 371 g/mol. The molecule has 0 heterocycles. The van der Waals surface area contributed by atoms with Crippen LogP contribution in [0, 0.1) is 29.5 Å². The van der Waals surface area contributed by atoms with E-state index in [0.29, 0.717) is 17.8 Å². The van der Waals surface area contributed by atoms with Crippen LogP contribution in [-0.2, 0) is 10.0 Å². The lowest BCUT2D eigenvalue weighted by molar-refractivity contribution is 0.0809. The number of hydrogen-bond acceptors (Lipinski definition) is 4. The number of sulfonamides is 1. The highest BCUT2D eigenvalue weighted by molar-refractivity contribution is 7.89. The van der Waals surface area contributed by atoms with Crippen molar-refractivity contribution >= 4 is 15.9 Å². The van der Waals surface area contributed by atoms with E-state index in [9.17, 15) is 17.6 Å². The molecule has 0 aliphatic heterocycles. The number of carbonyl (C=O) groups excluding carboxylic acids is 1. The van der Waals surface area contributed by atoms with Gasteiger partial charge in [0.2, 0.25) is 10.0 Å². The number of primary amides is 1. The van der Waals surface area contributed by atoms with Crippen LogP contribution in [0.4, 0.5) is 4.39 Å². The van der Waals surface area contributed by atoms with E-state index in [1.54, 1.807) is 0 Å². The summed E-state index contributed by atoms with van der Waals surface area (Å²) in [5, 5.41) is 0. The lowest BCUT2D eigenvalue weighted by atomic mass is 9.80. The molecule has 0 spiro atoms. The first-order valence-electron chi connectivity index (χ1n) is 9.43. The average Bonchev–Trinajstić information content (AvgIpc) is 3.27. The Morgan fingerprint density at radius 3 is 2.56 bits per heavy atom. The van der Waals surface area contributed by atoms with Crippen LogP contribution in [0.15, 0.2) is 17.0 Å². The third-order valence-corrected chi connectivity index (χ3v) is 8.57. The smallest absolute Gasteiger partial charge is 0.251 e. The number of benzene rings is 1. The first-order chi connectivity index (χ1) is 12.7. The first kappa shape index (κ1) is 18.7. The molecule has 3 aliphatic rings. The lowest BCUT2D eigenvalue weighted by Gasteiger charge is -2.32. The molecule has 0 saturated heterocycles. The number of nitrogens with zero attached hydrogens (tertiary/aromatic N) is 1. The van der Waals surface area contributed by atoms with Crippen molar-refractivity contribution in [1.82, 2.24) is 4.31 Å². The Morgan fingerprint density at radius 1 is 1.19 bits per heavy atom. The molecule has 0 radical (unpaired) electrons. The van der Waals surface area contributed by atoms with E-state index in [1.807, 2.05) is 0 Å². The van der Waals surface area contributed by atoms with Crippen LogP contribution in [0.5, 0.6) is 5.75 Å². The summed E-state index contributed by atoms with van der Waals surface area (Å²) in [6.45, 7) is 0. The highest BCUT2D eigenvalue weighted by atomic mass is 32.2. The zero-order valence-electron chi connectivity index (χ0n) is 15.5. The molecule has 148 valence electrons. The number of ether oxygens (including phenoxy) is 1. The van der Waals surface area contributed by atoms with Gasteiger partial charge in [0.1, 0.15) is 11.9 Å². The lowest BCUT2D eigenvalue weighted by Crippen LogP contribution is -2.33. The summed E-state index contributed by atoms with van der Waals surface area (Å²) < 4.78 is 47.4. The normalized spacial score (nSPS) is 32.1. The highest BCUT2D eigenvalue weighted by Gasteiger charge is 2.55. The van der Waals surface area contributed by atoms with Gasteiger partial charge in [0.25, 0.3) is 5.91 Å². The summed E-state index contributed by atoms with van der Waals surface area (Å²) >= 11 is 0. The molecular formula is C19H25FN2O4S. The Hall–Kier alpha value is -1.67. The largest absolute Gasteiger partial charge is 0.489 e. The van der Waals surface area contributed by atoms with Gasteiger partial charge in [0.15, 0.2) is 10.7 Å². The molecule has 27 heavy (non-hydrogen) atoms. The van der Waals surface area contributed by atoms with Crippen LogP contribution in [-0.4, -0.2) is 38.8 Å². The third kappa shape index (κ3) is 2.84. The van der Waals surface area contributed by atoms with Crippen molar-refractivity contribution in [1.29, 1.82) is 0 Å². The minimum atomic E-state index is -4.14. The van der Waals surface area contributed by atoms with Gasteiger partial charge in [0.05, 0.1) is 5.56 Å². The molecule has 1 amide bonds. The van der Waals surface area contributed by atoms with Gasteiger partial charge < -0.3 is 10.5 Å². The fourth-order valence-electron chi connectivity index (χ4n) is 5.55. The molecule has 3 aliphatic carbocycles. The van der Waals surface area contributed by atoms with Crippen LogP contribution < -0.4 is 10.5 Å². The van der Waals surface area contributed by atoms with Crippen LogP contribution in [0.1, 0.15) is 42.5 Å². The van der Waals surface area contributed by atoms with Crippen molar-refractivity contribution < 1.29 is 22.3 Å². The number of hydrogen-bond donors (Lipinski definition) is 1. The van der Waals surface area contributed by atoms with Gasteiger partial charge in [-0.1, -0.05) is 6.42 Å². The van der Waals surface area contributed by atoms with Gasteiger partial charge in [0, 0.05) is 14.1 Å². The maximum atomic E-state index is 14.9. The number of rotatable bonds is 5. The molecule has 2 bridgehead atoms. The monoisotopic (exact) mass is 396 g/mol. The quantitative estimate of drug-likeness (QED) is 0.827. The molecule has 0 aromatic heterocycles. The first-order valence-corrected chi connectivity index (χ1v) is 10.9. The predicted octanol–water partition coefficient (Wildman–Crippen LogP) is 2.38. The predicted molar refractivity (Wildman–Crippen MR) is 97.3 cm³/mol. The maximum Gasteiger partial charge on any atom is 0.251 e. The number of carbonyl (C=O) groups is 1. The van der Waals surface area contributed by atoms with Crippen molar-refractivity contribution in [3.63, 3.8) is 0 Å². The number of halogens is 1. The molecule has 4 rings (SSSR count). The van der Waals surface area contributed by atoms with Gasteiger partial charge in [-0.2, -0.15) is 0 Å². The van der Waals surface area contributed by atoms with Gasteiger partial charge in [-0.25, -0.2) is 17.1 Å². The maximum absolute atomic E-state index is 14.9. The van der Waals surface area contributed by atoms with E-state index >= 15 is 0 Å². The second-order valence-corrected chi connectivity index (χ2v) is 10.3. The van der Waals surface area contributed by atoms with Crippen LogP contribution >= 0.6 is 0 Å². The summed E-state index contributed by atoms with van der Waals surface area (Å²) in [5.74, 6) is 0.246.